The Kier molecular flexibility index (Phi) is 4.05. The summed E-state index contributed by atoms with van der Waals surface area (Å²) in [5.41, 5.74) is 2.62. The van der Waals surface area contributed by atoms with Gasteiger partial charge >= 0.3 is 0 Å². The highest BCUT2D eigenvalue weighted by molar-refractivity contribution is 7.99. The van der Waals surface area contributed by atoms with Crippen molar-refractivity contribution in [2.24, 2.45) is 5.92 Å². The van der Waals surface area contributed by atoms with Gasteiger partial charge in [-0.3, -0.25) is 4.79 Å². The molecule has 86 valence electrons. The number of hydrogen-bond acceptors (Lipinski definition) is 2. The fourth-order valence-corrected chi connectivity index (χ4v) is 3.40. The van der Waals surface area contributed by atoms with Gasteiger partial charge in [0.1, 0.15) is 5.78 Å². The molecule has 1 fully saturated rings. The van der Waals surface area contributed by atoms with E-state index in [0.29, 0.717) is 11.7 Å². The van der Waals surface area contributed by atoms with Crippen molar-refractivity contribution in [3.63, 3.8) is 0 Å². The van der Waals surface area contributed by atoms with Crippen molar-refractivity contribution >= 4 is 17.5 Å². The van der Waals surface area contributed by atoms with Gasteiger partial charge in [0, 0.05) is 18.1 Å². The van der Waals surface area contributed by atoms with Gasteiger partial charge in [0.2, 0.25) is 0 Å². The molecule has 16 heavy (non-hydrogen) atoms. The van der Waals surface area contributed by atoms with Gasteiger partial charge in [-0.2, -0.15) is 11.8 Å². The number of Topliss-reactive ketones (excluding diaryl/α,β-unsaturated/α-hetero) is 1. The summed E-state index contributed by atoms with van der Waals surface area (Å²) in [5.74, 6) is 3.02. The van der Waals surface area contributed by atoms with E-state index in [1.54, 1.807) is 0 Å². The Morgan fingerprint density at radius 3 is 2.94 bits per heavy atom. The maximum atomic E-state index is 11.9. The van der Waals surface area contributed by atoms with Crippen LogP contribution in [0.25, 0.3) is 0 Å². The molecule has 1 aromatic rings. The Labute approximate surface area is 102 Å². The first kappa shape index (κ1) is 11.7. The maximum absolute atomic E-state index is 11.9. The first-order chi connectivity index (χ1) is 7.77. The summed E-state index contributed by atoms with van der Waals surface area (Å²) in [7, 11) is 0. The lowest BCUT2D eigenvalue weighted by atomic mass is 9.96. The third-order valence-electron chi connectivity index (χ3n) is 3.29. The first-order valence-electron chi connectivity index (χ1n) is 5.92. The quantitative estimate of drug-likeness (QED) is 0.795. The van der Waals surface area contributed by atoms with Gasteiger partial charge in [0.25, 0.3) is 0 Å². The van der Waals surface area contributed by atoms with Crippen molar-refractivity contribution in [1.82, 2.24) is 0 Å². The Morgan fingerprint density at radius 2 is 2.25 bits per heavy atom. The highest BCUT2D eigenvalue weighted by Gasteiger charge is 2.22. The standard InChI is InChI=1S/C14H18OS/c1-11-4-2-3-5-12(11)6-7-14(15)13-8-9-16-10-13/h2-5,13H,6-10H2,1H3. The van der Waals surface area contributed by atoms with Gasteiger partial charge in [0.05, 0.1) is 0 Å². The zero-order chi connectivity index (χ0) is 11.4. The van der Waals surface area contributed by atoms with Crippen LogP contribution in [0.3, 0.4) is 0 Å². The fourth-order valence-electron chi connectivity index (χ4n) is 2.14. The van der Waals surface area contributed by atoms with Crippen LogP contribution in [-0.4, -0.2) is 17.3 Å². The molecule has 1 nitrogen and oxygen atoms in total. The molecule has 0 spiro atoms. The van der Waals surface area contributed by atoms with E-state index in [1.807, 2.05) is 17.8 Å². The number of carbonyl (C=O) groups is 1. The van der Waals surface area contributed by atoms with Crippen molar-refractivity contribution in [1.29, 1.82) is 0 Å². The molecule has 1 aliphatic heterocycles. The summed E-state index contributed by atoms with van der Waals surface area (Å²) < 4.78 is 0. The van der Waals surface area contributed by atoms with Crippen molar-refractivity contribution in [2.45, 2.75) is 26.2 Å². The number of ketones is 1. The SMILES string of the molecule is Cc1ccccc1CCC(=O)C1CCSC1. The second kappa shape index (κ2) is 5.53. The number of carbonyl (C=O) groups excluding carboxylic acids is 1. The summed E-state index contributed by atoms with van der Waals surface area (Å²) in [6, 6.07) is 8.35. The van der Waals surface area contributed by atoms with E-state index in [4.69, 9.17) is 0 Å². The van der Waals surface area contributed by atoms with Crippen LogP contribution in [0.1, 0.15) is 24.0 Å². The molecule has 0 bridgehead atoms. The number of aryl methyl sites for hydroxylation is 2. The molecule has 0 aliphatic carbocycles. The highest BCUT2D eigenvalue weighted by Crippen LogP contribution is 2.25. The van der Waals surface area contributed by atoms with Crippen LogP contribution in [0, 0.1) is 12.8 Å². The van der Waals surface area contributed by atoms with Crippen LogP contribution in [0.4, 0.5) is 0 Å². The molecular formula is C14H18OS. The van der Waals surface area contributed by atoms with Gasteiger partial charge in [0.15, 0.2) is 0 Å². The molecule has 1 unspecified atom stereocenters. The summed E-state index contributed by atoms with van der Waals surface area (Å²) in [5, 5.41) is 0. The summed E-state index contributed by atoms with van der Waals surface area (Å²) >= 11 is 1.91. The predicted octanol–water partition coefficient (Wildman–Crippen LogP) is 3.25. The van der Waals surface area contributed by atoms with Crippen LogP contribution >= 0.6 is 11.8 Å². The van der Waals surface area contributed by atoms with Crippen LogP contribution in [0.2, 0.25) is 0 Å². The minimum Gasteiger partial charge on any atom is -0.299 e. The monoisotopic (exact) mass is 234 g/mol. The smallest absolute Gasteiger partial charge is 0.137 e. The number of rotatable bonds is 4. The lowest BCUT2D eigenvalue weighted by Crippen LogP contribution is -2.14. The third-order valence-corrected chi connectivity index (χ3v) is 4.45. The van der Waals surface area contributed by atoms with Crippen molar-refractivity contribution in [3.05, 3.63) is 35.4 Å². The molecular weight excluding hydrogens is 216 g/mol. The largest absolute Gasteiger partial charge is 0.299 e. The summed E-state index contributed by atoms with van der Waals surface area (Å²) in [4.78, 5) is 11.9. The van der Waals surface area contributed by atoms with E-state index in [9.17, 15) is 4.79 Å². The van der Waals surface area contributed by atoms with E-state index in [1.165, 1.54) is 16.9 Å². The molecule has 0 radical (unpaired) electrons. The van der Waals surface area contributed by atoms with E-state index in [2.05, 4.69) is 25.1 Å². The minimum atomic E-state index is 0.342. The van der Waals surface area contributed by atoms with Gasteiger partial charge in [-0.25, -0.2) is 0 Å². The van der Waals surface area contributed by atoms with Crippen molar-refractivity contribution < 1.29 is 4.79 Å². The van der Waals surface area contributed by atoms with Gasteiger partial charge < -0.3 is 0 Å². The lowest BCUT2D eigenvalue weighted by molar-refractivity contribution is -0.122. The second-order valence-electron chi connectivity index (χ2n) is 4.45. The molecule has 1 saturated heterocycles. The average molecular weight is 234 g/mol. The van der Waals surface area contributed by atoms with E-state index in [0.717, 1.165) is 25.0 Å². The van der Waals surface area contributed by atoms with Gasteiger partial charge in [-0.1, -0.05) is 24.3 Å². The Hall–Kier alpha value is -0.760. The molecule has 1 aliphatic rings. The zero-order valence-corrected chi connectivity index (χ0v) is 10.6. The summed E-state index contributed by atoms with van der Waals surface area (Å²) in [6.07, 6.45) is 2.72. The molecule has 0 saturated carbocycles. The molecule has 1 atom stereocenters. The zero-order valence-electron chi connectivity index (χ0n) is 9.74. The molecule has 2 heteroatoms. The lowest BCUT2D eigenvalue weighted by Gasteiger charge is -2.08. The molecule has 0 aromatic heterocycles. The van der Waals surface area contributed by atoms with Crippen LogP contribution < -0.4 is 0 Å². The van der Waals surface area contributed by atoms with Crippen molar-refractivity contribution in [2.75, 3.05) is 11.5 Å². The van der Waals surface area contributed by atoms with Crippen LogP contribution in [-0.2, 0) is 11.2 Å². The molecule has 0 N–H and O–H groups in total. The van der Waals surface area contributed by atoms with Crippen molar-refractivity contribution in [3.8, 4) is 0 Å². The van der Waals surface area contributed by atoms with Gasteiger partial charge in [-0.05, 0) is 36.6 Å². The molecule has 1 heterocycles. The topological polar surface area (TPSA) is 17.1 Å². The number of benzene rings is 1. The van der Waals surface area contributed by atoms with Gasteiger partial charge in [-0.15, -0.1) is 0 Å². The average Bonchev–Trinajstić information content (AvgIpc) is 2.81. The minimum absolute atomic E-state index is 0.342. The van der Waals surface area contributed by atoms with Crippen LogP contribution in [0.5, 0.6) is 0 Å². The Bertz CT molecular complexity index is 367. The Balaban J connectivity index is 1.87. The van der Waals surface area contributed by atoms with E-state index in [-0.39, 0.29) is 0 Å². The Morgan fingerprint density at radius 1 is 1.44 bits per heavy atom. The second-order valence-corrected chi connectivity index (χ2v) is 5.60. The third kappa shape index (κ3) is 2.88. The molecule has 2 rings (SSSR count). The fraction of sp³-hybridized carbons (Fsp3) is 0.500. The molecule has 0 amide bonds. The van der Waals surface area contributed by atoms with E-state index < -0.39 is 0 Å². The first-order valence-corrected chi connectivity index (χ1v) is 7.08. The predicted molar refractivity (Wildman–Crippen MR) is 69.9 cm³/mol. The number of hydrogen-bond donors (Lipinski definition) is 0. The van der Waals surface area contributed by atoms with Crippen LogP contribution in [0.15, 0.2) is 24.3 Å². The summed E-state index contributed by atoms with van der Waals surface area (Å²) in [6.45, 7) is 2.12. The number of thioether (sulfide) groups is 1. The normalized spacial score (nSPS) is 19.9. The molecule has 1 aromatic carbocycles. The highest BCUT2D eigenvalue weighted by atomic mass is 32.2. The maximum Gasteiger partial charge on any atom is 0.137 e. The van der Waals surface area contributed by atoms with E-state index >= 15 is 0 Å².